The average Bonchev–Trinajstić information content (AvgIpc) is 2.15. The van der Waals surface area contributed by atoms with Crippen molar-refractivity contribution in [3.8, 4) is 0 Å². The molecule has 0 aliphatic heterocycles. The van der Waals surface area contributed by atoms with Crippen LogP contribution in [0.2, 0.25) is 0 Å². The third kappa shape index (κ3) is 1.87. The topological polar surface area (TPSA) is 70.2 Å². The molecule has 0 amide bonds. The minimum atomic E-state index is -1.21. The van der Waals surface area contributed by atoms with Crippen LogP contribution < -0.4 is 5.56 Å². The molecule has 0 spiro atoms. The largest absolute Gasteiger partial charge is 0.477 e. The van der Waals surface area contributed by atoms with Crippen LogP contribution in [0.4, 0.5) is 0 Å². The molecule has 2 N–H and O–H groups in total. The van der Waals surface area contributed by atoms with E-state index in [4.69, 9.17) is 5.11 Å². The van der Waals surface area contributed by atoms with Crippen LogP contribution in [0.3, 0.4) is 0 Å². The first kappa shape index (κ1) is 10.2. The molecule has 1 aromatic heterocycles. The number of benzene rings is 1. The number of pyridine rings is 1. The van der Waals surface area contributed by atoms with Gasteiger partial charge in [0.1, 0.15) is 5.56 Å². The summed E-state index contributed by atoms with van der Waals surface area (Å²) in [5.74, 6) is -1.21. The lowest BCUT2D eigenvalue weighted by atomic mass is 10.1. The summed E-state index contributed by atoms with van der Waals surface area (Å²) >= 11 is 2.12. The Morgan fingerprint density at radius 3 is 2.73 bits per heavy atom. The summed E-state index contributed by atoms with van der Waals surface area (Å²) in [5, 5.41) is 9.47. The summed E-state index contributed by atoms with van der Waals surface area (Å²) in [4.78, 5) is 24.6. The number of aromatic carboxylic acids is 1. The Morgan fingerprint density at radius 2 is 2.07 bits per heavy atom. The fourth-order valence-corrected chi connectivity index (χ4v) is 1.82. The number of carboxylic acid groups (broad SMARTS) is 1. The molecule has 2 aromatic rings. The molecule has 15 heavy (non-hydrogen) atoms. The van der Waals surface area contributed by atoms with Gasteiger partial charge in [0.2, 0.25) is 0 Å². The van der Waals surface area contributed by atoms with Crippen LogP contribution in [-0.2, 0) is 0 Å². The number of H-pyrrole nitrogens is 1. The number of aromatic nitrogens is 1. The van der Waals surface area contributed by atoms with E-state index in [1.165, 1.54) is 6.07 Å². The third-order valence-electron chi connectivity index (χ3n) is 2.04. The Labute approximate surface area is 98.1 Å². The number of carboxylic acids is 1. The number of carbonyl (C=O) groups is 1. The van der Waals surface area contributed by atoms with Crippen LogP contribution in [0.1, 0.15) is 10.4 Å². The first-order valence-corrected chi connectivity index (χ1v) is 5.21. The van der Waals surface area contributed by atoms with Crippen LogP contribution in [0, 0.1) is 3.57 Å². The molecule has 0 aliphatic carbocycles. The Morgan fingerprint density at radius 1 is 1.33 bits per heavy atom. The summed E-state index contributed by atoms with van der Waals surface area (Å²) in [5.41, 5.74) is -0.155. The first-order valence-electron chi connectivity index (χ1n) is 4.14. The summed E-state index contributed by atoms with van der Waals surface area (Å²) < 4.78 is 0.985. The monoisotopic (exact) mass is 315 g/mol. The predicted molar refractivity (Wildman–Crippen MR) is 64.2 cm³/mol. The molecule has 76 valence electrons. The Balaban J connectivity index is 2.82. The van der Waals surface area contributed by atoms with Crippen molar-refractivity contribution in [3.05, 3.63) is 43.8 Å². The fourth-order valence-electron chi connectivity index (χ4n) is 1.33. The number of nitrogens with one attached hydrogen (secondary N) is 1. The van der Waals surface area contributed by atoms with Crippen LogP contribution in [-0.4, -0.2) is 16.1 Å². The Kier molecular flexibility index (Phi) is 2.47. The van der Waals surface area contributed by atoms with Crippen molar-refractivity contribution >= 4 is 39.5 Å². The van der Waals surface area contributed by atoms with E-state index >= 15 is 0 Å². The van der Waals surface area contributed by atoms with E-state index in [1.807, 2.05) is 6.07 Å². The second-order valence-electron chi connectivity index (χ2n) is 3.05. The maximum Gasteiger partial charge on any atom is 0.341 e. The minimum absolute atomic E-state index is 0.233. The van der Waals surface area contributed by atoms with Gasteiger partial charge in [-0.25, -0.2) is 4.79 Å². The average molecular weight is 315 g/mol. The van der Waals surface area contributed by atoms with Crippen molar-refractivity contribution in [1.82, 2.24) is 4.98 Å². The van der Waals surface area contributed by atoms with Gasteiger partial charge in [-0.15, -0.1) is 0 Å². The van der Waals surface area contributed by atoms with E-state index in [9.17, 15) is 9.59 Å². The van der Waals surface area contributed by atoms with Gasteiger partial charge in [0, 0.05) is 9.09 Å². The lowest BCUT2D eigenvalue weighted by Crippen LogP contribution is -2.16. The second-order valence-corrected chi connectivity index (χ2v) is 4.29. The van der Waals surface area contributed by atoms with E-state index in [0.29, 0.717) is 10.9 Å². The lowest BCUT2D eigenvalue weighted by molar-refractivity contribution is 0.0695. The van der Waals surface area contributed by atoms with Crippen LogP contribution >= 0.6 is 22.6 Å². The van der Waals surface area contributed by atoms with Gasteiger partial charge in [0.15, 0.2) is 0 Å². The van der Waals surface area contributed by atoms with Crippen molar-refractivity contribution in [2.75, 3.05) is 0 Å². The fraction of sp³-hybridized carbons (Fsp3) is 0. The zero-order valence-electron chi connectivity index (χ0n) is 7.45. The van der Waals surface area contributed by atoms with Gasteiger partial charge in [0.05, 0.1) is 0 Å². The van der Waals surface area contributed by atoms with Crippen molar-refractivity contribution < 1.29 is 9.90 Å². The smallest absolute Gasteiger partial charge is 0.341 e. The van der Waals surface area contributed by atoms with Crippen molar-refractivity contribution in [3.63, 3.8) is 0 Å². The number of rotatable bonds is 1. The molecule has 5 heteroatoms. The molecule has 4 nitrogen and oxygen atoms in total. The molecular weight excluding hydrogens is 309 g/mol. The van der Waals surface area contributed by atoms with Gasteiger partial charge in [-0.1, -0.05) is 6.07 Å². The summed E-state index contributed by atoms with van der Waals surface area (Å²) in [6.07, 6.45) is 0. The number of halogens is 1. The molecule has 0 radical (unpaired) electrons. The van der Waals surface area contributed by atoms with Gasteiger partial charge in [0.25, 0.3) is 5.56 Å². The molecule has 0 saturated heterocycles. The first-order chi connectivity index (χ1) is 7.08. The molecule has 2 rings (SSSR count). The highest BCUT2D eigenvalue weighted by Crippen LogP contribution is 2.14. The molecule has 0 aliphatic rings. The van der Waals surface area contributed by atoms with Crippen LogP contribution in [0.15, 0.2) is 29.1 Å². The van der Waals surface area contributed by atoms with E-state index in [2.05, 4.69) is 27.6 Å². The maximum absolute atomic E-state index is 11.3. The summed E-state index contributed by atoms with van der Waals surface area (Å²) in [6, 6.07) is 6.81. The summed E-state index contributed by atoms with van der Waals surface area (Å²) in [6.45, 7) is 0. The molecular formula is C10H6INO3. The molecule has 1 heterocycles. The number of hydrogen-bond donors (Lipinski definition) is 2. The maximum atomic E-state index is 11.3. The van der Waals surface area contributed by atoms with Gasteiger partial charge in [-0.05, 0) is 46.2 Å². The molecule has 0 unspecified atom stereocenters. The third-order valence-corrected chi connectivity index (χ3v) is 2.71. The van der Waals surface area contributed by atoms with E-state index in [1.54, 1.807) is 12.1 Å². The standard InChI is InChI=1S/C10H6INO3/c11-6-2-1-5-3-7(10(14)15)9(13)12-8(5)4-6/h1-4H,(H,12,13)(H,14,15). The number of hydrogen-bond acceptors (Lipinski definition) is 2. The molecule has 0 bridgehead atoms. The number of fused-ring (bicyclic) bond motifs is 1. The normalized spacial score (nSPS) is 10.5. The highest BCUT2D eigenvalue weighted by molar-refractivity contribution is 14.1. The molecule has 1 aromatic carbocycles. The Hall–Kier alpha value is -1.37. The van der Waals surface area contributed by atoms with E-state index in [0.717, 1.165) is 3.57 Å². The molecule has 0 atom stereocenters. The van der Waals surface area contributed by atoms with E-state index < -0.39 is 11.5 Å². The van der Waals surface area contributed by atoms with Gasteiger partial charge in [-0.2, -0.15) is 0 Å². The second kappa shape index (κ2) is 3.65. The highest BCUT2D eigenvalue weighted by atomic mass is 127. The van der Waals surface area contributed by atoms with Crippen molar-refractivity contribution in [1.29, 1.82) is 0 Å². The quantitative estimate of drug-likeness (QED) is 0.789. The van der Waals surface area contributed by atoms with Gasteiger partial charge >= 0.3 is 5.97 Å². The zero-order valence-corrected chi connectivity index (χ0v) is 9.61. The predicted octanol–water partition coefficient (Wildman–Crippen LogP) is 1.83. The van der Waals surface area contributed by atoms with E-state index in [-0.39, 0.29) is 5.56 Å². The number of aromatic amines is 1. The van der Waals surface area contributed by atoms with Crippen LogP contribution in [0.25, 0.3) is 10.9 Å². The van der Waals surface area contributed by atoms with Crippen molar-refractivity contribution in [2.45, 2.75) is 0 Å². The SMILES string of the molecule is O=C(O)c1cc2ccc(I)cc2[nH]c1=O. The highest BCUT2D eigenvalue weighted by Gasteiger charge is 2.09. The lowest BCUT2D eigenvalue weighted by Gasteiger charge is -2.00. The van der Waals surface area contributed by atoms with Crippen LogP contribution in [0.5, 0.6) is 0 Å². The van der Waals surface area contributed by atoms with Gasteiger partial charge < -0.3 is 10.1 Å². The van der Waals surface area contributed by atoms with Crippen molar-refractivity contribution in [2.24, 2.45) is 0 Å². The zero-order chi connectivity index (χ0) is 11.0. The summed E-state index contributed by atoms with van der Waals surface area (Å²) in [7, 11) is 0. The van der Waals surface area contributed by atoms with Gasteiger partial charge in [-0.3, -0.25) is 4.79 Å². The minimum Gasteiger partial charge on any atom is -0.477 e. The molecule has 0 fully saturated rings. The Bertz CT molecular complexity index is 603. The molecule has 0 saturated carbocycles.